The second-order valence-electron chi connectivity index (χ2n) is 16.2. The molecule has 3 aromatic heterocycles. The third-order valence-electron chi connectivity index (χ3n) is 11.2. The lowest BCUT2D eigenvalue weighted by atomic mass is 9.98. The number of aromatic nitrogens is 6. The van der Waals surface area contributed by atoms with Crippen molar-refractivity contribution in [2.75, 3.05) is 42.9 Å². The number of nitrogen functional groups attached to an aromatic ring is 2. The van der Waals surface area contributed by atoms with Crippen molar-refractivity contribution in [1.82, 2.24) is 35.7 Å². The second kappa shape index (κ2) is 25.5. The van der Waals surface area contributed by atoms with Crippen molar-refractivity contribution < 1.29 is 37.4 Å². The Morgan fingerprint density at radius 3 is 1.67 bits per heavy atom. The van der Waals surface area contributed by atoms with E-state index in [9.17, 15) is 32.8 Å². The summed E-state index contributed by atoms with van der Waals surface area (Å²) >= 11 is 1.12. The van der Waals surface area contributed by atoms with Gasteiger partial charge in [0.05, 0.1) is 64.4 Å². The Labute approximate surface area is 436 Å². The molecule has 0 bridgehead atoms. The fraction of sp³-hybridized carbons (Fsp3) is 0.167. The van der Waals surface area contributed by atoms with Crippen molar-refractivity contribution in [3.05, 3.63) is 176 Å². The number of alkyl carbamates (subject to hydrolysis) is 1. The third kappa shape index (κ3) is 13.8. The number of hydrogen-bond acceptors (Lipinski definition) is 14. The maximum atomic E-state index is 14.8. The molecule has 0 atom stereocenters. The summed E-state index contributed by atoms with van der Waals surface area (Å²) < 4.78 is 43.3. The summed E-state index contributed by atoms with van der Waals surface area (Å²) in [4.78, 5) is 68.4. The summed E-state index contributed by atoms with van der Waals surface area (Å²) in [7, 11) is 0. The number of benzene rings is 6. The maximum absolute atomic E-state index is 14.8. The molecule has 19 nitrogen and oxygen atoms in total. The lowest BCUT2D eigenvalue weighted by Crippen LogP contribution is -2.29. The van der Waals surface area contributed by atoms with Gasteiger partial charge >= 0.3 is 18.3 Å². The largest absolute Gasteiger partial charge is 0.450 e. The van der Waals surface area contributed by atoms with E-state index in [4.69, 9.17) is 16.2 Å². The molecule has 3 heterocycles. The molecule has 0 unspecified atom stereocenters. The Hall–Kier alpha value is -9.44. The predicted octanol–water partition coefficient (Wildman–Crippen LogP) is 9.86. The number of nitrogens with zero attached hydrogens (tertiary/aromatic N) is 4. The molecule has 0 spiro atoms. The molecule has 390 valence electrons. The number of carbonyl (C=O) groups is 3. The van der Waals surface area contributed by atoms with Crippen LogP contribution in [0.5, 0.6) is 0 Å². The van der Waals surface area contributed by atoms with Crippen molar-refractivity contribution in [1.29, 1.82) is 0 Å². The number of H-pyrrole nitrogens is 3. The van der Waals surface area contributed by atoms with Crippen molar-refractivity contribution in [3.8, 4) is 22.3 Å². The lowest BCUT2D eigenvalue weighted by molar-refractivity contribution is 0.157. The number of rotatable bonds is 10. The van der Waals surface area contributed by atoms with E-state index < -0.39 is 18.3 Å². The quantitative estimate of drug-likeness (QED) is 0.0290. The van der Waals surface area contributed by atoms with Gasteiger partial charge in [0.25, 0.3) is 11.1 Å². The van der Waals surface area contributed by atoms with E-state index in [-0.39, 0.29) is 53.7 Å². The molecule has 0 aliphatic carbocycles. The fourth-order valence-corrected chi connectivity index (χ4v) is 8.02. The molecule has 0 aliphatic rings. The number of aliphatic imine (C=N–C) groups is 1. The van der Waals surface area contributed by atoms with Gasteiger partial charge in [0.15, 0.2) is 5.17 Å². The molecule has 9 N–H and O–H groups in total. The number of carbonyl (C=O) groups excluding carboxylic acids is 3. The average molecular weight is 1050 g/mol. The van der Waals surface area contributed by atoms with Crippen LogP contribution in [0.25, 0.3) is 54.8 Å². The monoisotopic (exact) mass is 1050 g/mol. The van der Waals surface area contributed by atoms with Gasteiger partial charge < -0.3 is 30.7 Å². The fourth-order valence-electron chi connectivity index (χ4n) is 7.67. The summed E-state index contributed by atoms with van der Waals surface area (Å²) in [6, 6.07) is 34.7. The standard InChI is InChI=1S/C25H20FN5O3.C21H17FN4O.C8H14N2O4S/c1-2-34-25(33)29-24-27-20-10-8-15(13-22(20)28-24)18-11-14(7-9-19(18)26)12-21-16-5-3-4-6-17(16)23(32)31-30-21;22-17-7-5-12(9-16(17)13-6-8-18(23)19(24)11-13)10-20-14-3-1-2-4-15(14)21(27)26-25-20;1-4-13-7(11)9-6(15-3)10-8(12)14-5-2/h3-11,13H,2,12H2,1H3,(H,31,32)(H2,27,28,29,33);1-9,11H,10,23-24H2,(H,26,27);4-5H2,1-3H3,(H,9,10,11,12). The first kappa shape index (κ1) is 54.3. The normalized spacial score (nSPS) is 11.0. The SMILES string of the molecule is CCOC(=O)N=C(NC(=O)OCC)SC.CCOC(=O)Nc1nc2ccc(-c3cc(Cc4n[nH]c(=O)c5ccccc45)ccc3F)cc2[nH]1.Nc1ccc(-c2cc(Cc3n[nH]c(=O)c4ccccc34)ccc2F)cc1N. The molecule has 0 saturated carbocycles. The number of amides is 3. The molecular weight excluding hydrogens is 1000 g/mol. The van der Waals surface area contributed by atoms with Crippen LogP contribution in [0, 0.1) is 11.6 Å². The minimum atomic E-state index is -0.737. The first-order chi connectivity index (χ1) is 36.7. The van der Waals surface area contributed by atoms with E-state index in [1.54, 1.807) is 106 Å². The van der Waals surface area contributed by atoms with Crippen molar-refractivity contribution >= 4 is 85.1 Å². The average Bonchev–Trinajstić information content (AvgIpc) is 3.82. The van der Waals surface area contributed by atoms with Gasteiger partial charge in [-0.05, 0) is 110 Å². The molecular formula is C54H51F2N11O8S. The number of nitrogens with one attached hydrogen (secondary N) is 5. The molecule has 22 heteroatoms. The second-order valence-corrected chi connectivity index (χ2v) is 17.0. The predicted molar refractivity (Wildman–Crippen MR) is 291 cm³/mol. The molecule has 6 aromatic carbocycles. The number of fused-ring (bicyclic) bond motifs is 3. The van der Waals surface area contributed by atoms with Crippen LogP contribution in [-0.4, -0.2) is 79.9 Å². The van der Waals surface area contributed by atoms with Gasteiger partial charge in [-0.3, -0.25) is 20.2 Å². The number of imidazole rings is 1. The van der Waals surface area contributed by atoms with E-state index in [1.807, 2.05) is 30.3 Å². The molecule has 0 aliphatic heterocycles. The highest BCUT2D eigenvalue weighted by atomic mass is 32.2. The highest BCUT2D eigenvalue weighted by Crippen LogP contribution is 2.31. The molecule has 76 heavy (non-hydrogen) atoms. The Balaban J connectivity index is 0.000000179. The van der Waals surface area contributed by atoms with Crippen LogP contribution in [0.15, 0.2) is 136 Å². The zero-order valence-corrected chi connectivity index (χ0v) is 42.3. The molecule has 0 saturated heterocycles. The third-order valence-corrected chi connectivity index (χ3v) is 11.8. The number of ether oxygens (including phenoxy) is 3. The Kier molecular flexibility index (Phi) is 18.2. The Morgan fingerprint density at radius 2 is 1.14 bits per heavy atom. The minimum absolute atomic E-state index is 0.145. The van der Waals surface area contributed by atoms with Crippen LogP contribution in [0.4, 0.5) is 40.5 Å². The van der Waals surface area contributed by atoms with Gasteiger partial charge in [-0.1, -0.05) is 72.4 Å². The van der Waals surface area contributed by atoms with Crippen LogP contribution in [-0.2, 0) is 27.1 Å². The van der Waals surface area contributed by atoms with Crippen LogP contribution in [0.1, 0.15) is 43.3 Å². The van der Waals surface area contributed by atoms with Gasteiger partial charge in [-0.15, -0.1) is 0 Å². The first-order valence-electron chi connectivity index (χ1n) is 23.5. The van der Waals surface area contributed by atoms with Crippen molar-refractivity contribution in [2.24, 2.45) is 4.99 Å². The summed E-state index contributed by atoms with van der Waals surface area (Å²) in [5.41, 5.74) is 18.5. The van der Waals surface area contributed by atoms with Gasteiger partial charge in [-0.2, -0.15) is 15.2 Å². The number of nitrogens with two attached hydrogens (primary N) is 2. The van der Waals surface area contributed by atoms with E-state index in [0.29, 0.717) is 74.0 Å². The Bertz CT molecular complexity index is 3730. The van der Waals surface area contributed by atoms with Gasteiger partial charge in [0, 0.05) is 34.7 Å². The summed E-state index contributed by atoms with van der Waals surface area (Å²) in [6.45, 7) is 5.81. The van der Waals surface area contributed by atoms with Gasteiger partial charge in [-0.25, -0.2) is 38.3 Å². The first-order valence-corrected chi connectivity index (χ1v) is 24.7. The number of anilines is 3. The smallest absolute Gasteiger partial charge is 0.436 e. The van der Waals surface area contributed by atoms with E-state index in [1.165, 1.54) is 12.1 Å². The van der Waals surface area contributed by atoms with Crippen LogP contribution in [0.3, 0.4) is 0 Å². The van der Waals surface area contributed by atoms with Crippen molar-refractivity contribution in [2.45, 2.75) is 33.6 Å². The maximum Gasteiger partial charge on any atom is 0.436 e. The Morgan fingerprint density at radius 1 is 0.632 bits per heavy atom. The topological polar surface area (TPSA) is 288 Å². The number of hydrogen-bond donors (Lipinski definition) is 7. The molecule has 3 amide bonds. The highest BCUT2D eigenvalue weighted by molar-refractivity contribution is 8.13. The number of aromatic amines is 3. The van der Waals surface area contributed by atoms with Crippen LogP contribution in [0.2, 0.25) is 0 Å². The molecule has 9 aromatic rings. The zero-order chi connectivity index (χ0) is 54.3. The van der Waals surface area contributed by atoms with Crippen LogP contribution < -0.4 is 33.2 Å². The van der Waals surface area contributed by atoms with E-state index in [0.717, 1.165) is 39.4 Å². The summed E-state index contributed by atoms with van der Waals surface area (Å²) in [5.74, 6) is -0.468. The van der Waals surface area contributed by atoms with E-state index >= 15 is 0 Å². The molecule has 0 radical (unpaired) electrons. The van der Waals surface area contributed by atoms with Crippen molar-refractivity contribution in [3.63, 3.8) is 0 Å². The molecule has 0 fully saturated rings. The lowest BCUT2D eigenvalue weighted by Gasteiger charge is -2.10. The summed E-state index contributed by atoms with van der Waals surface area (Å²) in [5, 5.41) is 21.1. The zero-order valence-electron chi connectivity index (χ0n) is 41.5. The highest BCUT2D eigenvalue weighted by Gasteiger charge is 2.15. The molecule has 9 rings (SSSR count). The number of thioether (sulfide) groups is 1. The van der Waals surface area contributed by atoms with Crippen LogP contribution >= 0.6 is 11.8 Å². The van der Waals surface area contributed by atoms with Gasteiger partial charge in [0.1, 0.15) is 11.6 Å². The van der Waals surface area contributed by atoms with E-state index in [2.05, 4.69) is 55.5 Å². The minimum Gasteiger partial charge on any atom is -0.450 e. The summed E-state index contributed by atoms with van der Waals surface area (Å²) in [6.07, 6.45) is 0.557. The number of halogens is 2. The number of amidine groups is 1. The van der Waals surface area contributed by atoms with Gasteiger partial charge in [0.2, 0.25) is 5.95 Å².